The van der Waals surface area contributed by atoms with Gasteiger partial charge < -0.3 is 5.32 Å². The van der Waals surface area contributed by atoms with Gasteiger partial charge in [-0.15, -0.1) is 0 Å². The molecule has 1 aromatic rings. The molecule has 2 N–H and O–H groups in total. The van der Waals surface area contributed by atoms with E-state index >= 15 is 0 Å². The molecule has 0 radical (unpaired) electrons. The lowest BCUT2D eigenvalue weighted by Crippen LogP contribution is -2.26. The van der Waals surface area contributed by atoms with Crippen molar-refractivity contribution in [1.29, 1.82) is 0 Å². The maximum absolute atomic E-state index is 11.7. The van der Waals surface area contributed by atoms with Crippen LogP contribution in [0.4, 0.5) is 5.69 Å². The van der Waals surface area contributed by atoms with Gasteiger partial charge in [0.1, 0.15) is 0 Å². The lowest BCUT2D eigenvalue weighted by molar-refractivity contribution is 0.597. The molecule has 0 atom stereocenters. The highest BCUT2D eigenvalue weighted by atomic mass is 35.5. The molecule has 0 fully saturated rings. The van der Waals surface area contributed by atoms with Crippen LogP contribution in [0.25, 0.3) is 0 Å². The fraction of sp³-hybridized carbons (Fsp3) is 0.455. The van der Waals surface area contributed by atoms with E-state index in [0.717, 1.165) is 12.1 Å². The number of halogens is 1. The average molecular weight is 277 g/mol. The molecule has 0 saturated carbocycles. The van der Waals surface area contributed by atoms with Gasteiger partial charge in [0.2, 0.25) is 10.0 Å². The first kappa shape index (κ1) is 14.3. The first-order valence-corrected chi connectivity index (χ1v) is 7.45. The number of rotatable bonds is 6. The van der Waals surface area contributed by atoms with Crippen LogP contribution in [0.5, 0.6) is 0 Å². The van der Waals surface area contributed by atoms with Crippen LogP contribution in [0.15, 0.2) is 18.2 Å². The van der Waals surface area contributed by atoms with E-state index in [1.54, 1.807) is 18.2 Å². The average Bonchev–Trinajstić information content (AvgIpc) is 2.22. The zero-order chi connectivity index (χ0) is 12.9. The van der Waals surface area contributed by atoms with Crippen LogP contribution in [0.1, 0.15) is 12.5 Å². The third-order valence-corrected chi connectivity index (χ3v) is 3.76. The molecule has 0 bridgehead atoms. The van der Waals surface area contributed by atoms with E-state index in [2.05, 4.69) is 10.0 Å². The van der Waals surface area contributed by atoms with Crippen molar-refractivity contribution >= 4 is 27.3 Å². The normalized spacial score (nSPS) is 11.5. The first-order chi connectivity index (χ1) is 7.94. The van der Waals surface area contributed by atoms with Crippen LogP contribution < -0.4 is 10.0 Å². The van der Waals surface area contributed by atoms with Gasteiger partial charge in [0.05, 0.1) is 11.4 Å². The minimum absolute atomic E-state index is 0.0584. The largest absolute Gasteiger partial charge is 0.316 e. The Morgan fingerprint density at radius 2 is 2.06 bits per heavy atom. The maximum atomic E-state index is 11.7. The molecule has 1 aromatic carbocycles. The molecular weight excluding hydrogens is 260 g/mol. The van der Waals surface area contributed by atoms with Crippen molar-refractivity contribution < 1.29 is 8.42 Å². The molecule has 96 valence electrons. The molecular formula is C11H17ClN2O2S. The van der Waals surface area contributed by atoms with Crippen LogP contribution in [-0.4, -0.2) is 27.3 Å². The quantitative estimate of drug-likeness (QED) is 0.782. The van der Waals surface area contributed by atoms with Crippen LogP contribution in [-0.2, 0) is 10.0 Å². The second-order valence-electron chi connectivity index (χ2n) is 3.73. The minimum atomic E-state index is -3.30. The number of hydrogen-bond acceptors (Lipinski definition) is 3. The highest BCUT2D eigenvalue weighted by Crippen LogP contribution is 2.20. The van der Waals surface area contributed by atoms with Gasteiger partial charge in [-0.1, -0.05) is 18.5 Å². The van der Waals surface area contributed by atoms with E-state index < -0.39 is 10.0 Å². The number of hydrogen-bond donors (Lipinski definition) is 2. The zero-order valence-electron chi connectivity index (χ0n) is 9.96. The molecule has 6 heteroatoms. The molecule has 0 amide bonds. The second kappa shape index (κ2) is 6.23. The van der Waals surface area contributed by atoms with Crippen LogP contribution in [0, 0.1) is 6.92 Å². The zero-order valence-corrected chi connectivity index (χ0v) is 11.5. The molecule has 4 nitrogen and oxygen atoms in total. The van der Waals surface area contributed by atoms with E-state index in [1.165, 1.54) is 0 Å². The van der Waals surface area contributed by atoms with Crippen molar-refractivity contribution in [3.05, 3.63) is 28.8 Å². The van der Waals surface area contributed by atoms with Gasteiger partial charge in [0.15, 0.2) is 0 Å². The number of nitrogens with one attached hydrogen (secondary N) is 2. The Kier molecular flexibility index (Phi) is 5.24. The van der Waals surface area contributed by atoms with E-state index in [4.69, 9.17) is 11.6 Å². The monoisotopic (exact) mass is 276 g/mol. The Morgan fingerprint density at radius 1 is 1.35 bits per heavy atom. The minimum Gasteiger partial charge on any atom is -0.316 e. The van der Waals surface area contributed by atoms with Crippen molar-refractivity contribution in [2.75, 3.05) is 23.6 Å². The van der Waals surface area contributed by atoms with Gasteiger partial charge in [-0.3, -0.25) is 4.72 Å². The Labute approximate surface area is 107 Å². The second-order valence-corrected chi connectivity index (χ2v) is 6.01. The van der Waals surface area contributed by atoms with Gasteiger partial charge in [0.25, 0.3) is 0 Å². The highest BCUT2D eigenvalue weighted by Gasteiger charge is 2.11. The predicted octanol–water partition coefficient (Wildman–Crippen LogP) is 2.00. The van der Waals surface area contributed by atoms with Crippen molar-refractivity contribution in [3.8, 4) is 0 Å². The molecule has 17 heavy (non-hydrogen) atoms. The summed E-state index contributed by atoms with van der Waals surface area (Å²) in [6.07, 6.45) is 0. The predicted molar refractivity (Wildman–Crippen MR) is 72.1 cm³/mol. The Bertz CT molecular complexity index is 474. The standard InChI is InChI=1S/C11H17ClN2O2S/c1-3-13-6-7-17(15,16)14-11-5-4-10(12)8-9(11)2/h4-5,8,13-14H,3,6-7H2,1-2H3. The lowest BCUT2D eigenvalue weighted by atomic mass is 10.2. The maximum Gasteiger partial charge on any atom is 0.233 e. The van der Waals surface area contributed by atoms with Crippen molar-refractivity contribution in [3.63, 3.8) is 0 Å². The van der Waals surface area contributed by atoms with E-state index in [-0.39, 0.29) is 5.75 Å². The summed E-state index contributed by atoms with van der Waals surface area (Å²) in [5, 5.41) is 3.57. The molecule has 1 rings (SSSR count). The van der Waals surface area contributed by atoms with E-state index in [1.807, 2.05) is 13.8 Å². The third-order valence-electron chi connectivity index (χ3n) is 2.25. The van der Waals surface area contributed by atoms with Gasteiger partial charge in [-0.05, 0) is 37.2 Å². The number of anilines is 1. The summed E-state index contributed by atoms with van der Waals surface area (Å²) in [4.78, 5) is 0. The summed E-state index contributed by atoms with van der Waals surface area (Å²) in [5.41, 5.74) is 1.38. The van der Waals surface area contributed by atoms with Gasteiger partial charge in [-0.25, -0.2) is 8.42 Å². The highest BCUT2D eigenvalue weighted by molar-refractivity contribution is 7.92. The Hall–Kier alpha value is -0.780. The first-order valence-electron chi connectivity index (χ1n) is 5.42. The molecule has 0 spiro atoms. The number of benzene rings is 1. The molecule has 0 aliphatic rings. The topological polar surface area (TPSA) is 58.2 Å². The molecule has 0 aliphatic carbocycles. The Morgan fingerprint density at radius 3 is 2.65 bits per heavy atom. The lowest BCUT2D eigenvalue weighted by Gasteiger charge is -2.10. The SMILES string of the molecule is CCNCCS(=O)(=O)Nc1ccc(Cl)cc1C. The van der Waals surface area contributed by atoms with E-state index in [9.17, 15) is 8.42 Å². The van der Waals surface area contributed by atoms with Crippen molar-refractivity contribution in [2.24, 2.45) is 0 Å². The van der Waals surface area contributed by atoms with Crippen LogP contribution in [0.2, 0.25) is 5.02 Å². The van der Waals surface area contributed by atoms with Crippen molar-refractivity contribution in [1.82, 2.24) is 5.32 Å². The fourth-order valence-corrected chi connectivity index (χ4v) is 2.65. The summed E-state index contributed by atoms with van der Waals surface area (Å²) in [7, 11) is -3.30. The molecule has 0 unspecified atom stereocenters. The van der Waals surface area contributed by atoms with E-state index in [0.29, 0.717) is 17.3 Å². The van der Waals surface area contributed by atoms with Crippen molar-refractivity contribution in [2.45, 2.75) is 13.8 Å². The van der Waals surface area contributed by atoms with Gasteiger partial charge in [0, 0.05) is 11.6 Å². The van der Waals surface area contributed by atoms with Crippen LogP contribution in [0.3, 0.4) is 0 Å². The number of aryl methyl sites for hydroxylation is 1. The summed E-state index contributed by atoms with van der Waals surface area (Å²) >= 11 is 5.80. The smallest absolute Gasteiger partial charge is 0.233 e. The summed E-state index contributed by atoms with van der Waals surface area (Å²) < 4.78 is 26.0. The molecule has 0 aliphatic heterocycles. The Balaban J connectivity index is 2.69. The molecule has 0 heterocycles. The third kappa shape index (κ3) is 4.93. The van der Waals surface area contributed by atoms with Crippen LogP contribution >= 0.6 is 11.6 Å². The molecule has 0 aromatic heterocycles. The molecule has 0 saturated heterocycles. The summed E-state index contributed by atoms with van der Waals surface area (Å²) in [6.45, 7) is 4.95. The van der Waals surface area contributed by atoms with Gasteiger partial charge in [-0.2, -0.15) is 0 Å². The summed E-state index contributed by atoms with van der Waals surface area (Å²) in [5.74, 6) is 0.0584. The number of sulfonamides is 1. The summed E-state index contributed by atoms with van der Waals surface area (Å²) in [6, 6.07) is 5.06. The van der Waals surface area contributed by atoms with Gasteiger partial charge >= 0.3 is 0 Å². The fourth-order valence-electron chi connectivity index (χ4n) is 1.34.